The Kier molecular flexibility index (Phi) is 6.59. The standard InChI is InChI=1S/C20H29N3O5/c1-13-12-28-16(11-17(24)25)18(13)19(26)23-9-7-15(8-10-23)22-20(27)21-14-5-3-2-4-6-14/h12,14-15H,2-11H2,1H3,(H,24,25)(H2,21,22,27). The van der Waals surface area contributed by atoms with Gasteiger partial charge in [-0.25, -0.2) is 4.79 Å². The zero-order chi connectivity index (χ0) is 20.1. The number of carbonyl (C=O) groups is 3. The molecule has 8 heteroatoms. The third-order valence-electron chi connectivity index (χ3n) is 5.63. The van der Waals surface area contributed by atoms with Crippen LogP contribution >= 0.6 is 0 Å². The minimum Gasteiger partial charge on any atom is -0.481 e. The van der Waals surface area contributed by atoms with E-state index < -0.39 is 5.97 Å². The van der Waals surface area contributed by atoms with E-state index in [1.54, 1.807) is 11.8 Å². The quantitative estimate of drug-likeness (QED) is 0.714. The number of hydrogen-bond acceptors (Lipinski definition) is 4. The maximum absolute atomic E-state index is 12.8. The number of nitrogens with one attached hydrogen (secondary N) is 2. The molecule has 0 spiro atoms. The number of piperidine rings is 1. The third kappa shape index (κ3) is 5.05. The first-order valence-corrected chi connectivity index (χ1v) is 10.1. The second-order valence-corrected chi connectivity index (χ2v) is 7.81. The smallest absolute Gasteiger partial charge is 0.315 e. The van der Waals surface area contributed by atoms with Crippen molar-refractivity contribution in [2.24, 2.45) is 0 Å². The van der Waals surface area contributed by atoms with Crippen molar-refractivity contribution in [2.75, 3.05) is 13.1 Å². The molecule has 2 fully saturated rings. The normalized spacial score (nSPS) is 18.7. The summed E-state index contributed by atoms with van der Waals surface area (Å²) in [6.45, 7) is 2.78. The number of nitrogens with zero attached hydrogens (tertiary/aromatic N) is 1. The minimum absolute atomic E-state index is 0.0385. The van der Waals surface area contributed by atoms with Crippen molar-refractivity contribution in [1.82, 2.24) is 15.5 Å². The van der Waals surface area contributed by atoms with Crippen molar-refractivity contribution in [3.05, 3.63) is 23.2 Å². The Morgan fingerprint density at radius 3 is 2.29 bits per heavy atom. The number of likely N-dealkylation sites (tertiary alicyclic amines) is 1. The summed E-state index contributed by atoms with van der Waals surface area (Å²) in [5.74, 6) is -1.04. The highest BCUT2D eigenvalue weighted by Gasteiger charge is 2.29. The molecule has 1 saturated heterocycles. The highest BCUT2D eigenvalue weighted by Crippen LogP contribution is 2.22. The van der Waals surface area contributed by atoms with Crippen molar-refractivity contribution in [2.45, 2.75) is 70.4 Å². The molecule has 0 unspecified atom stereocenters. The van der Waals surface area contributed by atoms with Gasteiger partial charge in [0.1, 0.15) is 12.2 Å². The summed E-state index contributed by atoms with van der Waals surface area (Å²) < 4.78 is 5.27. The lowest BCUT2D eigenvalue weighted by atomic mass is 9.96. The van der Waals surface area contributed by atoms with Crippen LogP contribution in [0.25, 0.3) is 0 Å². The molecule has 3 rings (SSSR count). The van der Waals surface area contributed by atoms with E-state index in [2.05, 4.69) is 10.6 Å². The monoisotopic (exact) mass is 391 g/mol. The van der Waals surface area contributed by atoms with Crippen molar-refractivity contribution in [1.29, 1.82) is 0 Å². The van der Waals surface area contributed by atoms with Crippen LogP contribution in [0.2, 0.25) is 0 Å². The predicted molar refractivity (Wildman–Crippen MR) is 102 cm³/mol. The first-order valence-electron chi connectivity index (χ1n) is 10.1. The SMILES string of the molecule is Cc1coc(CC(=O)O)c1C(=O)N1CCC(NC(=O)NC2CCCCC2)CC1. The first-order chi connectivity index (χ1) is 13.4. The van der Waals surface area contributed by atoms with Crippen molar-refractivity contribution in [3.63, 3.8) is 0 Å². The van der Waals surface area contributed by atoms with Crippen LogP contribution in [0, 0.1) is 6.92 Å². The van der Waals surface area contributed by atoms with E-state index >= 15 is 0 Å². The van der Waals surface area contributed by atoms with E-state index in [1.807, 2.05) is 0 Å². The fourth-order valence-electron chi connectivity index (χ4n) is 4.10. The molecule has 0 atom stereocenters. The van der Waals surface area contributed by atoms with Gasteiger partial charge in [0.05, 0.1) is 11.8 Å². The molecule has 1 aromatic rings. The molecule has 2 heterocycles. The lowest BCUT2D eigenvalue weighted by Crippen LogP contribution is -2.51. The number of furan rings is 1. The molecule has 2 aliphatic rings. The van der Waals surface area contributed by atoms with Gasteiger partial charge in [-0.15, -0.1) is 0 Å². The van der Waals surface area contributed by atoms with Crippen LogP contribution < -0.4 is 10.6 Å². The van der Waals surface area contributed by atoms with Gasteiger partial charge in [-0.1, -0.05) is 19.3 Å². The van der Waals surface area contributed by atoms with Gasteiger partial charge in [-0.2, -0.15) is 0 Å². The fraction of sp³-hybridized carbons (Fsp3) is 0.650. The van der Waals surface area contributed by atoms with Gasteiger partial charge in [0.25, 0.3) is 5.91 Å². The number of urea groups is 1. The van der Waals surface area contributed by atoms with E-state index in [0.717, 1.165) is 12.8 Å². The molecule has 154 valence electrons. The minimum atomic E-state index is -1.03. The van der Waals surface area contributed by atoms with E-state index in [0.29, 0.717) is 37.1 Å². The number of carboxylic acid groups (broad SMARTS) is 1. The van der Waals surface area contributed by atoms with Crippen LogP contribution in [-0.2, 0) is 11.2 Å². The van der Waals surface area contributed by atoms with Crippen LogP contribution in [0.3, 0.4) is 0 Å². The van der Waals surface area contributed by atoms with Gasteiger partial charge in [-0.3, -0.25) is 9.59 Å². The second-order valence-electron chi connectivity index (χ2n) is 7.81. The van der Waals surface area contributed by atoms with Crippen LogP contribution in [-0.4, -0.2) is 53.1 Å². The maximum Gasteiger partial charge on any atom is 0.315 e. The Balaban J connectivity index is 1.49. The van der Waals surface area contributed by atoms with E-state index in [9.17, 15) is 14.4 Å². The molecule has 1 saturated carbocycles. The van der Waals surface area contributed by atoms with Crippen molar-refractivity contribution in [3.8, 4) is 0 Å². The number of amides is 3. The first kappa shape index (κ1) is 20.2. The summed E-state index contributed by atoms with van der Waals surface area (Å²) >= 11 is 0. The molecule has 0 bridgehead atoms. The largest absolute Gasteiger partial charge is 0.481 e. The van der Waals surface area contributed by atoms with Gasteiger partial charge in [0.2, 0.25) is 0 Å². The van der Waals surface area contributed by atoms with E-state index in [-0.39, 0.29) is 36.2 Å². The molecule has 28 heavy (non-hydrogen) atoms. The number of carbonyl (C=O) groups excluding carboxylic acids is 2. The molecule has 0 radical (unpaired) electrons. The van der Waals surface area contributed by atoms with Crippen LogP contribution in [0.15, 0.2) is 10.7 Å². The van der Waals surface area contributed by atoms with Gasteiger partial charge < -0.3 is 25.1 Å². The number of aryl methyl sites for hydroxylation is 1. The number of rotatable bonds is 5. The Bertz CT molecular complexity index is 715. The summed E-state index contributed by atoms with van der Waals surface area (Å²) in [6, 6.07) is 0.190. The van der Waals surface area contributed by atoms with Gasteiger partial charge in [-0.05, 0) is 32.6 Å². The molecule has 8 nitrogen and oxygen atoms in total. The summed E-state index contributed by atoms with van der Waals surface area (Å²) in [5, 5.41) is 15.1. The molecule has 1 aliphatic carbocycles. The fourth-order valence-corrected chi connectivity index (χ4v) is 4.10. The van der Waals surface area contributed by atoms with Crippen molar-refractivity contribution >= 4 is 17.9 Å². The zero-order valence-corrected chi connectivity index (χ0v) is 16.3. The molecule has 0 aromatic carbocycles. The topological polar surface area (TPSA) is 112 Å². The average molecular weight is 391 g/mol. The lowest BCUT2D eigenvalue weighted by molar-refractivity contribution is -0.136. The third-order valence-corrected chi connectivity index (χ3v) is 5.63. The van der Waals surface area contributed by atoms with Crippen molar-refractivity contribution < 1.29 is 23.9 Å². The number of hydrogen-bond donors (Lipinski definition) is 3. The molecule has 3 N–H and O–H groups in total. The molecule has 3 amide bonds. The maximum atomic E-state index is 12.8. The Morgan fingerprint density at radius 2 is 1.68 bits per heavy atom. The number of carboxylic acids is 1. The summed E-state index contributed by atoms with van der Waals surface area (Å²) in [5.41, 5.74) is 0.997. The van der Waals surface area contributed by atoms with Gasteiger partial charge in [0, 0.05) is 30.7 Å². The number of aliphatic carboxylic acids is 1. The predicted octanol–water partition coefficient (Wildman–Crippen LogP) is 2.45. The van der Waals surface area contributed by atoms with E-state index in [4.69, 9.17) is 9.52 Å². The average Bonchev–Trinajstić information content (AvgIpc) is 3.02. The van der Waals surface area contributed by atoms with Crippen LogP contribution in [0.4, 0.5) is 4.79 Å². The van der Waals surface area contributed by atoms with Gasteiger partial charge >= 0.3 is 12.0 Å². The van der Waals surface area contributed by atoms with Crippen LogP contribution in [0.1, 0.15) is 66.6 Å². The second kappa shape index (κ2) is 9.12. The molecular formula is C20H29N3O5. The molecule has 1 aliphatic heterocycles. The van der Waals surface area contributed by atoms with E-state index in [1.165, 1.54) is 25.5 Å². The zero-order valence-electron chi connectivity index (χ0n) is 16.3. The highest BCUT2D eigenvalue weighted by molar-refractivity contribution is 5.97. The van der Waals surface area contributed by atoms with Gasteiger partial charge in [0.15, 0.2) is 0 Å². The Hall–Kier alpha value is -2.51. The molecule has 1 aromatic heterocycles. The Labute approximate surface area is 164 Å². The lowest BCUT2D eigenvalue weighted by Gasteiger charge is -2.33. The summed E-state index contributed by atoms with van der Waals surface area (Å²) in [4.78, 5) is 37.7. The molecular weight excluding hydrogens is 362 g/mol. The van der Waals surface area contributed by atoms with Crippen LogP contribution in [0.5, 0.6) is 0 Å². The highest BCUT2D eigenvalue weighted by atomic mass is 16.4. The Morgan fingerprint density at radius 1 is 1.07 bits per heavy atom. The summed E-state index contributed by atoms with van der Waals surface area (Å²) in [7, 11) is 0. The summed E-state index contributed by atoms with van der Waals surface area (Å²) in [6.07, 6.45) is 8.14.